The van der Waals surface area contributed by atoms with Gasteiger partial charge in [0.1, 0.15) is 0 Å². The molecule has 0 atom stereocenters. The summed E-state index contributed by atoms with van der Waals surface area (Å²) in [6.07, 6.45) is -20.9. The normalized spacial score (nSPS) is 13.4. The minimum Gasteiger partial charge on any atom is -0.310 e. The smallest absolute Gasteiger partial charge is 0.310 e. The lowest BCUT2D eigenvalue weighted by atomic mass is 9.70. The first kappa shape index (κ1) is 48.3. The van der Waals surface area contributed by atoms with Crippen molar-refractivity contribution in [3.63, 3.8) is 0 Å². The molecular formula is C59H30F12N4. The molecule has 4 nitrogen and oxygen atoms in total. The Morgan fingerprint density at radius 2 is 0.733 bits per heavy atom. The van der Waals surface area contributed by atoms with Gasteiger partial charge in [-0.2, -0.15) is 63.2 Å². The van der Waals surface area contributed by atoms with Crippen LogP contribution in [0.15, 0.2) is 182 Å². The Bertz CT molecular complexity index is 3770. The largest absolute Gasteiger partial charge is 0.416 e. The van der Waals surface area contributed by atoms with Crippen LogP contribution < -0.4 is 9.80 Å². The molecular weight excluding hydrogens is 993 g/mol. The van der Waals surface area contributed by atoms with Gasteiger partial charge in [0.2, 0.25) is 0 Å². The third kappa shape index (κ3) is 7.87. The average molecular weight is 1020 g/mol. The van der Waals surface area contributed by atoms with E-state index < -0.39 is 63.7 Å². The van der Waals surface area contributed by atoms with Crippen LogP contribution in [-0.2, 0) is 30.1 Å². The third-order valence-electron chi connectivity index (χ3n) is 13.7. The molecule has 2 aliphatic carbocycles. The monoisotopic (exact) mass is 1020 g/mol. The fourth-order valence-electron chi connectivity index (χ4n) is 10.7. The molecule has 0 fully saturated rings. The fourth-order valence-corrected chi connectivity index (χ4v) is 10.7. The van der Waals surface area contributed by atoms with Gasteiger partial charge in [0.05, 0.1) is 56.6 Å². The van der Waals surface area contributed by atoms with Gasteiger partial charge in [0.25, 0.3) is 0 Å². The van der Waals surface area contributed by atoms with Crippen LogP contribution in [0.1, 0.15) is 55.6 Å². The molecule has 2 aliphatic rings. The van der Waals surface area contributed by atoms with Crippen LogP contribution in [0.25, 0.3) is 33.0 Å². The number of halogens is 12. The van der Waals surface area contributed by atoms with Crippen LogP contribution in [0.3, 0.4) is 0 Å². The van der Waals surface area contributed by atoms with Crippen molar-refractivity contribution >= 4 is 44.9 Å². The second kappa shape index (κ2) is 17.0. The zero-order chi connectivity index (χ0) is 53.0. The molecule has 1 spiro atoms. The van der Waals surface area contributed by atoms with E-state index in [0.29, 0.717) is 68.4 Å². The highest BCUT2D eigenvalue weighted by molar-refractivity contribution is 6.12. The van der Waals surface area contributed by atoms with Crippen LogP contribution in [0.4, 0.5) is 86.8 Å². The van der Waals surface area contributed by atoms with Gasteiger partial charge < -0.3 is 9.80 Å². The molecule has 0 bridgehead atoms. The second-order valence-electron chi connectivity index (χ2n) is 18.0. The Morgan fingerprint density at radius 3 is 1.19 bits per heavy atom. The lowest BCUT2D eigenvalue weighted by molar-refractivity contribution is -0.144. The molecule has 0 heterocycles. The van der Waals surface area contributed by atoms with E-state index in [1.165, 1.54) is 64.4 Å². The van der Waals surface area contributed by atoms with Crippen molar-refractivity contribution in [1.82, 2.24) is 0 Å². The van der Waals surface area contributed by atoms with Crippen molar-refractivity contribution < 1.29 is 52.7 Å². The third-order valence-corrected chi connectivity index (χ3v) is 13.7. The maximum absolute atomic E-state index is 14.7. The molecule has 11 rings (SSSR count). The Balaban J connectivity index is 1.26. The first-order chi connectivity index (χ1) is 35.6. The maximum Gasteiger partial charge on any atom is 0.416 e. The van der Waals surface area contributed by atoms with E-state index in [9.17, 15) is 63.2 Å². The highest BCUT2D eigenvalue weighted by Gasteiger charge is 2.53. The first-order valence-corrected chi connectivity index (χ1v) is 22.7. The summed E-state index contributed by atoms with van der Waals surface area (Å²) in [6.45, 7) is 0. The average Bonchev–Trinajstić information content (AvgIpc) is 3.85. The number of anilines is 6. The number of nitrogens with zero attached hydrogens (tertiary/aromatic N) is 4. The molecule has 75 heavy (non-hydrogen) atoms. The predicted molar refractivity (Wildman–Crippen MR) is 259 cm³/mol. The van der Waals surface area contributed by atoms with Gasteiger partial charge in [0.15, 0.2) is 0 Å². The number of nitriles is 2. The van der Waals surface area contributed by atoms with Crippen molar-refractivity contribution in [2.75, 3.05) is 9.80 Å². The van der Waals surface area contributed by atoms with Crippen LogP contribution in [0.5, 0.6) is 0 Å². The summed E-state index contributed by atoms with van der Waals surface area (Å²) in [6, 6.07) is 45.5. The lowest BCUT2D eigenvalue weighted by Gasteiger charge is -2.34. The number of hydrogen-bond acceptors (Lipinski definition) is 4. The van der Waals surface area contributed by atoms with Crippen molar-refractivity contribution in [2.24, 2.45) is 0 Å². The van der Waals surface area contributed by atoms with Gasteiger partial charge >= 0.3 is 24.7 Å². The Morgan fingerprint density at radius 1 is 0.333 bits per heavy atom. The first-order valence-electron chi connectivity index (χ1n) is 22.7. The SMILES string of the molecule is N#Cc1ccc(N(c2cc(C(F)(F)F)cc(C(F)(F)F)c2)c2ccc3c(c2)C2(c4ccccc4-c4ccccc42)c2cc(N(c4ccc(C#N)cc4)c4cc(C(F)(F)F)cc(C(F)(F)F)c4)c4ccccc4c2-3)cc1. The molecule has 0 amide bonds. The number of hydrogen-bond donors (Lipinski definition) is 0. The van der Waals surface area contributed by atoms with Crippen molar-refractivity contribution in [3.05, 3.63) is 238 Å². The van der Waals surface area contributed by atoms with Crippen molar-refractivity contribution in [1.29, 1.82) is 10.5 Å². The Kier molecular flexibility index (Phi) is 11.0. The molecule has 0 unspecified atom stereocenters. The topological polar surface area (TPSA) is 54.1 Å². The van der Waals surface area contributed by atoms with Gasteiger partial charge in [-0.3, -0.25) is 0 Å². The molecule has 370 valence electrons. The quantitative estimate of drug-likeness (QED) is 0.156. The van der Waals surface area contributed by atoms with Crippen molar-refractivity contribution in [2.45, 2.75) is 30.1 Å². The zero-order valence-electron chi connectivity index (χ0n) is 38.1. The molecule has 9 aromatic rings. The van der Waals surface area contributed by atoms with Crippen LogP contribution in [0, 0.1) is 22.7 Å². The summed E-state index contributed by atoms with van der Waals surface area (Å²) in [5, 5.41) is 20.3. The lowest BCUT2D eigenvalue weighted by Crippen LogP contribution is -2.26. The molecule has 0 aromatic heterocycles. The van der Waals surface area contributed by atoms with Gasteiger partial charge in [-0.05, 0) is 153 Å². The number of alkyl halides is 12. The standard InChI is InChI=1S/C59H30F12N4/c60-56(61,62)35-23-36(57(63,64)65)26-42(25-35)74(39-17-13-33(31-72)14-18-39)41-21-22-48-51(29-41)55(49-11-5-3-7-44(49)45-8-4-6-12-50(45)55)52-30-53(46-9-1-2-10-47(46)54(48)52)75(40-19-15-34(32-73)16-20-40)43-27-37(58(66,67)68)24-38(28-43)59(69,70)71/h1-30H. The summed E-state index contributed by atoms with van der Waals surface area (Å²) in [4.78, 5) is 2.49. The van der Waals surface area contributed by atoms with E-state index in [-0.39, 0.29) is 46.0 Å². The minimum atomic E-state index is -5.24. The molecule has 16 heteroatoms. The van der Waals surface area contributed by atoms with E-state index in [0.717, 1.165) is 11.1 Å². The van der Waals surface area contributed by atoms with E-state index >= 15 is 0 Å². The Labute approximate surface area is 418 Å². The second-order valence-corrected chi connectivity index (χ2v) is 18.0. The summed E-state index contributed by atoms with van der Waals surface area (Å²) >= 11 is 0. The highest BCUT2D eigenvalue weighted by Crippen LogP contribution is 2.66. The van der Waals surface area contributed by atoms with E-state index in [4.69, 9.17) is 0 Å². The zero-order valence-corrected chi connectivity index (χ0v) is 38.1. The fraction of sp³-hybridized carbons (Fsp3) is 0.0847. The minimum absolute atomic E-state index is 0.0222. The highest BCUT2D eigenvalue weighted by atomic mass is 19.4. The van der Waals surface area contributed by atoms with E-state index in [1.807, 2.05) is 48.5 Å². The summed E-state index contributed by atoms with van der Waals surface area (Å²) in [5.41, 5.74) is -3.22. The molecule has 0 aliphatic heterocycles. The maximum atomic E-state index is 14.7. The number of benzene rings is 9. The predicted octanol–water partition coefficient (Wildman–Crippen LogP) is 17.9. The van der Waals surface area contributed by atoms with Crippen molar-refractivity contribution in [3.8, 4) is 34.4 Å². The van der Waals surface area contributed by atoms with Crippen LogP contribution in [0.2, 0.25) is 0 Å². The van der Waals surface area contributed by atoms with E-state index in [2.05, 4.69) is 0 Å². The van der Waals surface area contributed by atoms with Gasteiger partial charge in [-0.1, -0.05) is 78.9 Å². The molecule has 9 aromatic carbocycles. The molecule has 0 radical (unpaired) electrons. The van der Waals surface area contributed by atoms with Crippen LogP contribution in [-0.4, -0.2) is 0 Å². The molecule has 0 saturated carbocycles. The summed E-state index contributed by atoms with van der Waals surface area (Å²) < 4.78 is 176. The van der Waals surface area contributed by atoms with Gasteiger partial charge in [-0.15, -0.1) is 0 Å². The number of fused-ring (bicyclic) bond motifs is 12. The van der Waals surface area contributed by atoms with Crippen LogP contribution >= 0.6 is 0 Å². The summed E-state index contributed by atoms with van der Waals surface area (Å²) in [7, 11) is 0. The Hall–Kier alpha value is -9.02. The molecule has 0 N–H and O–H groups in total. The molecule has 0 saturated heterocycles. The van der Waals surface area contributed by atoms with Gasteiger partial charge in [0, 0.05) is 33.8 Å². The summed E-state index contributed by atoms with van der Waals surface area (Å²) in [5.74, 6) is 0. The van der Waals surface area contributed by atoms with E-state index in [1.54, 1.807) is 54.6 Å². The van der Waals surface area contributed by atoms with Gasteiger partial charge in [-0.25, -0.2) is 0 Å². The number of rotatable bonds is 6.